The number of nitrogens with zero attached hydrogens (tertiary/aromatic N) is 1. The Labute approximate surface area is 195 Å². The van der Waals surface area contributed by atoms with Gasteiger partial charge in [0.25, 0.3) is 0 Å². The summed E-state index contributed by atoms with van der Waals surface area (Å²) < 4.78 is 0. The topological polar surface area (TPSA) is 27.3 Å². The van der Waals surface area contributed by atoms with E-state index < -0.39 is 0 Å². The van der Waals surface area contributed by atoms with Gasteiger partial charge in [0.2, 0.25) is 0 Å². The van der Waals surface area contributed by atoms with Crippen LogP contribution in [0.3, 0.4) is 0 Å². The monoisotopic (exact) mass is 426 g/mol. The minimum atomic E-state index is 1.04. The summed E-state index contributed by atoms with van der Waals surface area (Å²) >= 11 is 0. The van der Waals surface area contributed by atoms with Gasteiger partial charge in [-0.25, -0.2) is 0 Å². The first-order valence-electron chi connectivity index (χ1n) is 11.0. The van der Waals surface area contributed by atoms with Crippen LogP contribution in [0.2, 0.25) is 0 Å². The lowest BCUT2D eigenvalue weighted by Crippen LogP contribution is -2.09. The highest BCUT2D eigenvalue weighted by Crippen LogP contribution is 2.35. The highest BCUT2D eigenvalue weighted by molar-refractivity contribution is 5.77. The van der Waals surface area contributed by atoms with Gasteiger partial charge in [0.1, 0.15) is 0 Å². The first-order valence-corrected chi connectivity index (χ1v) is 11.0. The van der Waals surface area contributed by atoms with Crippen molar-refractivity contribution in [3.8, 4) is 0 Å². The smallest absolute Gasteiger partial charge is 0.0463 e. The van der Waals surface area contributed by atoms with Crippen LogP contribution in [0.1, 0.15) is 0 Å². The predicted molar refractivity (Wildman–Crippen MR) is 139 cm³/mol. The largest absolute Gasteiger partial charge is 0.356 e. The lowest BCUT2D eigenvalue weighted by atomic mass is 10.2. The molecule has 0 bridgehead atoms. The maximum Gasteiger partial charge on any atom is 0.0463 e. The summed E-state index contributed by atoms with van der Waals surface area (Å²) in [6.45, 7) is 0. The average Bonchev–Trinajstić information content (AvgIpc) is 2.88. The SMILES string of the molecule is [c]1ccc(Nc2ccc(Nc3ccc(N(c4ccccc4)c4ccccc4)cc3)cc2)cc1. The molecule has 159 valence electrons. The Bertz CT molecular complexity index is 1230. The molecule has 0 aliphatic rings. The molecule has 0 amide bonds. The Kier molecular flexibility index (Phi) is 6.03. The summed E-state index contributed by atoms with van der Waals surface area (Å²) in [6, 6.07) is 48.5. The molecule has 1 radical (unpaired) electrons. The van der Waals surface area contributed by atoms with Crippen LogP contribution in [0, 0.1) is 6.07 Å². The first-order chi connectivity index (χ1) is 16.3. The van der Waals surface area contributed by atoms with Gasteiger partial charge in [-0.15, -0.1) is 0 Å². The van der Waals surface area contributed by atoms with E-state index in [-0.39, 0.29) is 0 Å². The van der Waals surface area contributed by atoms with Gasteiger partial charge in [-0.3, -0.25) is 0 Å². The van der Waals surface area contributed by atoms with Crippen molar-refractivity contribution < 1.29 is 0 Å². The van der Waals surface area contributed by atoms with Crippen molar-refractivity contribution in [3.05, 3.63) is 140 Å². The fourth-order valence-corrected chi connectivity index (χ4v) is 3.74. The van der Waals surface area contributed by atoms with E-state index in [0.29, 0.717) is 0 Å². The van der Waals surface area contributed by atoms with Crippen molar-refractivity contribution in [1.29, 1.82) is 0 Å². The van der Waals surface area contributed by atoms with Gasteiger partial charge in [-0.2, -0.15) is 0 Å². The molecule has 0 aliphatic heterocycles. The second-order valence-corrected chi connectivity index (χ2v) is 7.67. The standard InChI is InChI=1S/C30H24N3/c1-4-10-24(11-5-1)31-25-16-18-26(19-17-25)32-27-20-22-30(23-21-27)33(28-12-6-2-7-13-28)29-14-8-3-9-15-29/h2-23,31-32H. The van der Waals surface area contributed by atoms with Crippen molar-refractivity contribution >= 4 is 39.8 Å². The first kappa shape index (κ1) is 20.4. The van der Waals surface area contributed by atoms with E-state index >= 15 is 0 Å². The molecule has 3 heteroatoms. The molecular formula is C30H24N3. The van der Waals surface area contributed by atoms with Crippen LogP contribution in [0.25, 0.3) is 0 Å². The molecule has 0 saturated heterocycles. The molecule has 33 heavy (non-hydrogen) atoms. The van der Waals surface area contributed by atoms with Gasteiger partial charge in [-0.1, -0.05) is 48.5 Å². The number of benzene rings is 5. The molecule has 0 saturated carbocycles. The normalized spacial score (nSPS) is 10.4. The molecule has 0 fully saturated rings. The van der Waals surface area contributed by atoms with Crippen LogP contribution in [0.5, 0.6) is 0 Å². The molecule has 0 aliphatic carbocycles. The predicted octanol–water partition coefficient (Wildman–Crippen LogP) is 8.44. The summed E-state index contributed by atoms with van der Waals surface area (Å²) in [4.78, 5) is 2.26. The number of anilines is 7. The molecule has 5 aromatic carbocycles. The summed E-state index contributed by atoms with van der Waals surface area (Å²) in [5.41, 5.74) is 7.54. The van der Waals surface area contributed by atoms with Gasteiger partial charge in [-0.05, 0) is 91.0 Å². The summed E-state index contributed by atoms with van der Waals surface area (Å²) in [7, 11) is 0. The maximum absolute atomic E-state index is 3.49. The van der Waals surface area contributed by atoms with E-state index in [4.69, 9.17) is 0 Å². The fraction of sp³-hybridized carbons (Fsp3) is 0. The second kappa shape index (κ2) is 9.75. The summed E-state index contributed by atoms with van der Waals surface area (Å²) in [5, 5.41) is 6.88. The Hall–Kier alpha value is -4.50. The highest BCUT2D eigenvalue weighted by Gasteiger charge is 2.11. The zero-order valence-corrected chi connectivity index (χ0v) is 18.1. The molecule has 0 atom stereocenters. The molecule has 0 unspecified atom stereocenters. The number of hydrogen-bond acceptors (Lipinski definition) is 3. The van der Waals surface area contributed by atoms with E-state index in [9.17, 15) is 0 Å². The van der Waals surface area contributed by atoms with Crippen molar-refractivity contribution in [2.24, 2.45) is 0 Å². The number of rotatable bonds is 7. The van der Waals surface area contributed by atoms with E-state index in [1.807, 2.05) is 36.4 Å². The van der Waals surface area contributed by atoms with Crippen LogP contribution < -0.4 is 15.5 Å². The molecule has 0 heterocycles. The summed E-state index contributed by atoms with van der Waals surface area (Å²) in [6.07, 6.45) is 0. The Morgan fingerprint density at radius 3 is 1.21 bits per heavy atom. The van der Waals surface area contributed by atoms with Gasteiger partial charge in [0, 0.05) is 39.8 Å². The van der Waals surface area contributed by atoms with Crippen molar-refractivity contribution in [1.82, 2.24) is 0 Å². The van der Waals surface area contributed by atoms with E-state index in [2.05, 4.69) is 119 Å². The lowest BCUT2D eigenvalue weighted by molar-refractivity contribution is 1.28. The van der Waals surface area contributed by atoms with Crippen molar-refractivity contribution in [2.45, 2.75) is 0 Å². The fourth-order valence-electron chi connectivity index (χ4n) is 3.74. The average molecular weight is 427 g/mol. The van der Waals surface area contributed by atoms with Gasteiger partial charge in [0.05, 0.1) is 0 Å². The van der Waals surface area contributed by atoms with Gasteiger partial charge in [0.15, 0.2) is 0 Å². The quantitative estimate of drug-likeness (QED) is 0.273. The molecule has 0 aromatic heterocycles. The molecular weight excluding hydrogens is 402 g/mol. The molecule has 2 N–H and O–H groups in total. The van der Waals surface area contributed by atoms with Crippen LogP contribution in [-0.2, 0) is 0 Å². The Balaban J connectivity index is 1.32. The van der Waals surface area contributed by atoms with Crippen LogP contribution in [0.4, 0.5) is 39.8 Å². The van der Waals surface area contributed by atoms with Crippen molar-refractivity contribution in [2.75, 3.05) is 15.5 Å². The molecule has 3 nitrogen and oxygen atoms in total. The lowest BCUT2D eigenvalue weighted by Gasteiger charge is -2.25. The van der Waals surface area contributed by atoms with E-state index in [1.165, 1.54) is 0 Å². The number of hydrogen-bond donors (Lipinski definition) is 2. The van der Waals surface area contributed by atoms with Crippen LogP contribution in [-0.4, -0.2) is 0 Å². The molecule has 5 aromatic rings. The van der Waals surface area contributed by atoms with Gasteiger partial charge >= 0.3 is 0 Å². The Morgan fingerprint density at radius 2 is 0.758 bits per heavy atom. The third-order valence-electron chi connectivity index (χ3n) is 5.33. The Morgan fingerprint density at radius 1 is 0.394 bits per heavy atom. The molecule has 0 spiro atoms. The van der Waals surface area contributed by atoms with Crippen LogP contribution >= 0.6 is 0 Å². The van der Waals surface area contributed by atoms with Crippen molar-refractivity contribution in [3.63, 3.8) is 0 Å². The van der Waals surface area contributed by atoms with Gasteiger partial charge < -0.3 is 15.5 Å². The zero-order valence-electron chi connectivity index (χ0n) is 18.1. The minimum Gasteiger partial charge on any atom is -0.356 e. The minimum absolute atomic E-state index is 1.04. The third-order valence-corrected chi connectivity index (χ3v) is 5.33. The number of para-hydroxylation sites is 2. The second-order valence-electron chi connectivity index (χ2n) is 7.67. The highest BCUT2D eigenvalue weighted by atomic mass is 15.1. The third kappa shape index (κ3) is 5.05. The zero-order chi connectivity index (χ0) is 22.3. The van der Waals surface area contributed by atoms with E-state index in [1.54, 1.807) is 0 Å². The number of nitrogens with one attached hydrogen (secondary N) is 2. The van der Waals surface area contributed by atoms with Crippen LogP contribution in [0.15, 0.2) is 133 Å². The molecule has 5 rings (SSSR count). The summed E-state index contributed by atoms with van der Waals surface area (Å²) in [5.74, 6) is 0. The van der Waals surface area contributed by atoms with E-state index in [0.717, 1.165) is 39.8 Å². The maximum atomic E-state index is 3.49.